The Morgan fingerprint density at radius 1 is 1.03 bits per heavy atom. The van der Waals surface area contributed by atoms with Crippen molar-refractivity contribution in [3.63, 3.8) is 0 Å². The van der Waals surface area contributed by atoms with Gasteiger partial charge in [-0.15, -0.1) is 0 Å². The molecule has 164 valence electrons. The van der Waals surface area contributed by atoms with Gasteiger partial charge in [0.25, 0.3) is 5.91 Å². The SMILES string of the molecule is Cc1cccc(OCCNC(=O)CN2C(=O)NC(C)(c3ccc4ccccc4c3)C2=O)c1. The number of amides is 4. The summed E-state index contributed by atoms with van der Waals surface area (Å²) >= 11 is 0. The van der Waals surface area contributed by atoms with Crippen LogP contribution in [-0.4, -0.2) is 42.4 Å². The summed E-state index contributed by atoms with van der Waals surface area (Å²) in [5.74, 6) is -0.160. The van der Waals surface area contributed by atoms with E-state index in [1.54, 1.807) is 6.92 Å². The average Bonchev–Trinajstić information content (AvgIpc) is 3.00. The monoisotopic (exact) mass is 431 g/mol. The van der Waals surface area contributed by atoms with Gasteiger partial charge in [-0.3, -0.25) is 14.5 Å². The second kappa shape index (κ2) is 8.70. The van der Waals surface area contributed by atoms with E-state index in [0.29, 0.717) is 5.56 Å². The van der Waals surface area contributed by atoms with Crippen LogP contribution in [0.3, 0.4) is 0 Å². The average molecular weight is 431 g/mol. The molecule has 3 aromatic rings. The summed E-state index contributed by atoms with van der Waals surface area (Å²) in [5, 5.41) is 7.45. The van der Waals surface area contributed by atoms with E-state index >= 15 is 0 Å². The number of nitrogens with zero attached hydrogens (tertiary/aromatic N) is 1. The molecule has 4 amide bonds. The topological polar surface area (TPSA) is 87.7 Å². The first kappa shape index (κ1) is 21.4. The Bertz CT molecular complexity index is 1190. The van der Waals surface area contributed by atoms with Crippen molar-refractivity contribution in [2.45, 2.75) is 19.4 Å². The molecule has 0 aliphatic carbocycles. The standard InChI is InChI=1S/C25H25N3O4/c1-17-6-5-9-21(14-17)32-13-12-26-22(29)16-28-23(30)25(2,27-24(28)31)20-11-10-18-7-3-4-8-19(18)15-20/h3-11,14-15H,12-13,16H2,1-2H3,(H,26,29)(H,27,31). The molecule has 1 unspecified atom stereocenters. The molecular formula is C25H25N3O4. The molecule has 7 nitrogen and oxygen atoms in total. The molecule has 1 saturated heterocycles. The summed E-state index contributed by atoms with van der Waals surface area (Å²) in [6, 6.07) is 20.5. The normalized spacial score (nSPS) is 18.0. The number of fused-ring (bicyclic) bond motifs is 1. The molecule has 0 saturated carbocycles. The molecule has 3 aromatic carbocycles. The van der Waals surface area contributed by atoms with Gasteiger partial charge in [0.15, 0.2) is 0 Å². The number of carbonyl (C=O) groups is 3. The predicted molar refractivity (Wildman–Crippen MR) is 121 cm³/mol. The third-order valence-electron chi connectivity index (χ3n) is 5.59. The summed E-state index contributed by atoms with van der Waals surface area (Å²) in [6.07, 6.45) is 0. The molecule has 0 spiro atoms. The minimum absolute atomic E-state index is 0.262. The minimum Gasteiger partial charge on any atom is -0.492 e. The Morgan fingerprint density at radius 2 is 1.81 bits per heavy atom. The van der Waals surface area contributed by atoms with Gasteiger partial charge in [0, 0.05) is 0 Å². The fourth-order valence-electron chi connectivity index (χ4n) is 3.80. The maximum absolute atomic E-state index is 13.1. The minimum atomic E-state index is -1.23. The van der Waals surface area contributed by atoms with Crippen LogP contribution in [0.4, 0.5) is 4.79 Å². The molecule has 1 aliphatic rings. The zero-order valence-electron chi connectivity index (χ0n) is 18.1. The van der Waals surface area contributed by atoms with Crippen LogP contribution in [0.15, 0.2) is 66.7 Å². The van der Waals surface area contributed by atoms with Crippen LogP contribution in [0.2, 0.25) is 0 Å². The number of ether oxygens (including phenoxy) is 1. The first-order chi connectivity index (χ1) is 15.4. The lowest BCUT2D eigenvalue weighted by Gasteiger charge is -2.22. The van der Waals surface area contributed by atoms with Crippen LogP contribution in [0.1, 0.15) is 18.1 Å². The lowest BCUT2D eigenvalue weighted by molar-refractivity contribution is -0.134. The van der Waals surface area contributed by atoms with E-state index in [0.717, 1.165) is 27.0 Å². The number of urea groups is 1. The second-order valence-electron chi connectivity index (χ2n) is 8.02. The maximum atomic E-state index is 13.1. The van der Waals surface area contributed by atoms with Crippen molar-refractivity contribution < 1.29 is 19.1 Å². The van der Waals surface area contributed by atoms with E-state index in [-0.39, 0.29) is 19.7 Å². The van der Waals surface area contributed by atoms with Crippen LogP contribution in [0, 0.1) is 6.92 Å². The Kier molecular flexibility index (Phi) is 5.81. The summed E-state index contributed by atoms with van der Waals surface area (Å²) in [5.41, 5.74) is 0.527. The second-order valence-corrected chi connectivity index (χ2v) is 8.02. The molecule has 1 heterocycles. The molecule has 0 radical (unpaired) electrons. The molecule has 32 heavy (non-hydrogen) atoms. The number of imide groups is 1. The third-order valence-corrected chi connectivity index (χ3v) is 5.59. The van der Waals surface area contributed by atoms with E-state index in [4.69, 9.17) is 4.74 Å². The molecule has 1 atom stereocenters. The molecule has 0 bridgehead atoms. The van der Waals surface area contributed by atoms with Crippen LogP contribution >= 0.6 is 0 Å². The highest BCUT2D eigenvalue weighted by Gasteiger charge is 2.49. The summed E-state index contributed by atoms with van der Waals surface area (Å²) in [6.45, 7) is 3.82. The Hall–Kier alpha value is -3.87. The zero-order valence-corrected chi connectivity index (χ0v) is 18.1. The van der Waals surface area contributed by atoms with Gasteiger partial charge >= 0.3 is 6.03 Å². The summed E-state index contributed by atoms with van der Waals surface area (Å²) in [4.78, 5) is 38.9. The van der Waals surface area contributed by atoms with Crippen molar-refractivity contribution in [3.8, 4) is 5.75 Å². The van der Waals surface area contributed by atoms with Gasteiger partial charge in [0.1, 0.15) is 24.4 Å². The third kappa shape index (κ3) is 4.27. The highest BCUT2D eigenvalue weighted by molar-refractivity contribution is 6.09. The molecule has 2 N–H and O–H groups in total. The molecular weight excluding hydrogens is 406 g/mol. The zero-order chi connectivity index (χ0) is 22.7. The summed E-state index contributed by atoms with van der Waals surface area (Å²) in [7, 11) is 0. The fourth-order valence-corrected chi connectivity index (χ4v) is 3.80. The van der Waals surface area contributed by atoms with Crippen LogP contribution in [-0.2, 0) is 15.1 Å². The first-order valence-corrected chi connectivity index (χ1v) is 10.5. The number of benzene rings is 3. The van der Waals surface area contributed by atoms with Crippen molar-refractivity contribution in [1.82, 2.24) is 15.5 Å². The van der Waals surface area contributed by atoms with Crippen molar-refractivity contribution in [2.24, 2.45) is 0 Å². The van der Waals surface area contributed by atoms with Crippen molar-refractivity contribution >= 4 is 28.6 Å². The van der Waals surface area contributed by atoms with Crippen molar-refractivity contribution in [1.29, 1.82) is 0 Å². The number of rotatable bonds is 7. The highest BCUT2D eigenvalue weighted by Crippen LogP contribution is 2.30. The predicted octanol–water partition coefficient (Wildman–Crippen LogP) is 3.11. The van der Waals surface area contributed by atoms with E-state index in [1.807, 2.05) is 73.7 Å². The largest absolute Gasteiger partial charge is 0.492 e. The highest BCUT2D eigenvalue weighted by atomic mass is 16.5. The number of carbonyl (C=O) groups excluding carboxylic acids is 3. The van der Waals surface area contributed by atoms with Gasteiger partial charge in [-0.05, 0) is 53.9 Å². The van der Waals surface area contributed by atoms with Gasteiger partial charge in [-0.2, -0.15) is 0 Å². The van der Waals surface area contributed by atoms with Crippen LogP contribution < -0.4 is 15.4 Å². The van der Waals surface area contributed by atoms with E-state index in [9.17, 15) is 14.4 Å². The fraction of sp³-hybridized carbons (Fsp3) is 0.240. The van der Waals surface area contributed by atoms with Crippen molar-refractivity contribution in [2.75, 3.05) is 19.7 Å². The first-order valence-electron chi connectivity index (χ1n) is 10.5. The van der Waals surface area contributed by atoms with Gasteiger partial charge in [-0.25, -0.2) is 4.79 Å². The van der Waals surface area contributed by atoms with E-state index in [1.165, 1.54) is 0 Å². The van der Waals surface area contributed by atoms with E-state index in [2.05, 4.69) is 10.6 Å². The van der Waals surface area contributed by atoms with Gasteiger partial charge in [0.2, 0.25) is 5.91 Å². The van der Waals surface area contributed by atoms with Crippen LogP contribution in [0.25, 0.3) is 10.8 Å². The molecule has 4 rings (SSSR count). The Morgan fingerprint density at radius 3 is 2.59 bits per heavy atom. The summed E-state index contributed by atoms with van der Waals surface area (Å²) < 4.78 is 5.60. The van der Waals surface area contributed by atoms with Gasteiger partial charge in [-0.1, -0.05) is 48.5 Å². The van der Waals surface area contributed by atoms with Gasteiger partial charge < -0.3 is 15.4 Å². The lowest BCUT2D eigenvalue weighted by atomic mass is 9.90. The molecule has 1 fully saturated rings. The number of nitrogens with one attached hydrogen (secondary N) is 2. The molecule has 0 aromatic heterocycles. The van der Waals surface area contributed by atoms with Crippen molar-refractivity contribution in [3.05, 3.63) is 77.9 Å². The number of hydrogen-bond donors (Lipinski definition) is 2. The smallest absolute Gasteiger partial charge is 0.325 e. The molecule has 1 aliphatic heterocycles. The number of hydrogen-bond acceptors (Lipinski definition) is 4. The Labute approximate surface area is 186 Å². The Balaban J connectivity index is 1.36. The quantitative estimate of drug-likeness (QED) is 0.445. The lowest BCUT2D eigenvalue weighted by Crippen LogP contribution is -2.43. The van der Waals surface area contributed by atoms with Gasteiger partial charge in [0.05, 0.1) is 6.54 Å². The number of aryl methyl sites for hydroxylation is 1. The maximum Gasteiger partial charge on any atom is 0.325 e. The van der Waals surface area contributed by atoms with Crippen LogP contribution in [0.5, 0.6) is 5.75 Å². The molecule has 7 heteroatoms. The van der Waals surface area contributed by atoms with E-state index < -0.39 is 23.4 Å².